The van der Waals surface area contributed by atoms with Crippen molar-refractivity contribution >= 4 is 9.84 Å². The molecule has 5 nitrogen and oxygen atoms in total. The largest absolute Gasteiger partial charge is 0.507 e. The van der Waals surface area contributed by atoms with Crippen molar-refractivity contribution in [3.63, 3.8) is 0 Å². The van der Waals surface area contributed by atoms with Crippen LogP contribution in [0.5, 0.6) is 5.75 Å². The van der Waals surface area contributed by atoms with Gasteiger partial charge in [0.25, 0.3) is 0 Å². The average molecular weight is 361 g/mol. The van der Waals surface area contributed by atoms with E-state index in [1.54, 1.807) is 6.07 Å². The maximum Gasteiger partial charge on any atom is 0.179 e. The first-order chi connectivity index (χ1) is 11.9. The molecule has 1 aliphatic rings. The van der Waals surface area contributed by atoms with Crippen molar-refractivity contribution in [3.05, 3.63) is 59.7 Å². The molecule has 1 saturated heterocycles. The summed E-state index contributed by atoms with van der Waals surface area (Å²) in [7, 11) is -3.50. The minimum Gasteiger partial charge on any atom is -0.507 e. The van der Waals surface area contributed by atoms with Crippen LogP contribution in [-0.4, -0.2) is 42.6 Å². The van der Waals surface area contributed by atoms with Gasteiger partial charge in [-0.15, -0.1) is 0 Å². The van der Waals surface area contributed by atoms with E-state index in [2.05, 4.69) is 12.1 Å². The van der Waals surface area contributed by atoms with Crippen LogP contribution in [0.4, 0.5) is 0 Å². The lowest BCUT2D eigenvalue weighted by atomic mass is 10.0. The first kappa shape index (κ1) is 17.9. The first-order valence-electron chi connectivity index (χ1n) is 8.33. The monoisotopic (exact) mass is 361 g/mol. The van der Waals surface area contributed by atoms with Crippen LogP contribution in [0.2, 0.25) is 0 Å². The molecule has 0 aliphatic carbocycles. The minimum absolute atomic E-state index is 0.0557. The van der Waals surface area contributed by atoms with Gasteiger partial charge in [0.05, 0.1) is 6.73 Å². The fourth-order valence-electron chi connectivity index (χ4n) is 3.65. The van der Waals surface area contributed by atoms with Crippen LogP contribution in [0.25, 0.3) is 0 Å². The SMILES string of the molecule is CS(=O)(=O)c1cc(C2CCC(Cc3ccccc3)N2CO)ccc1O. The molecular weight excluding hydrogens is 338 g/mol. The number of benzene rings is 2. The van der Waals surface area contributed by atoms with Gasteiger partial charge in [-0.2, -0.15) is 0 Å². The summed E-state index contributed by atoms with van der Waals surface area (Å²) in [5.74, 6) is -0.236. The van der Waals surface area contributed by atoms with Gasteiger partial charge in [0.15, 0.2) is 9.84 Å². The number of aliphatic hydroxyl groups excluding tert-OH is 1. The summed E-state index contributed by atoms with van der Waals surface area (Å²) in [6.07, 6.45) is 3.69. The number of nitrogens with zero attached hydrogens (tertiary/aromatic N) is 1. The number of hydrogen-bond acceptors (Lipinski definition) is 5. The average Bonchev–Trinajstić information content (AvgIpc) is 2.97. The van der Waals surface area contributed by atoms with Crippen molar-refractivity contribution in [1.82, 2.24) is 4.90 Å². The van der Waals surface area contributed by atoms with Crippen LogP contribution in [0.3, 0.4) is 0 Å². The Morgan fingerprint density at radius 2 is 1.84 bits per heavy atom. The van der Waals surface area contributed by atoms with Crippen LogP contribution in [0.15, 0.2) is 53.4 Å². The summed E-state index contributed by atoms with van der Waals surface area (Å²) in [4.78, 5) is 1.94. The van der Waals surface area contributed by atoms with Crippen LogP contribution >= 0.6 is 0 Å². The number of phenols is 1. The van der Waals surface area contributed by atoms with E-state index in [4.69, 9.17) is 0 Å². The molecule has 0 radical (unpaired) electrons. The zero-order valence-electron chi connectivity index (χ0n) is 14.2. The van der Waals surface area contributed by atoms with Crippen molar-refractivity contribution in [2.24, 2.45) is 0 Å². The molecule has 25 heavy (non-hydrogen) atoms. The van der Waals surface area contributed by atoms with E-state index >= 15 is 0 Å². The molecule has 2 atom stereocenters. The number of sulfone groups is 1. The Morgan fingerprint density at radius 3 is 2.48 bits per heavy atom. The molecule has 0 bridgehead atoms. The molecule has 134 valence electrons. The molecule has 3 rings (SSSR count). The molecule has 1 heterocycles. The highest BCUT2D eigenvalue weighted by Crippen LogP contribution is 2.38. The molecule has 1 aliphatic heterocycles. The van der Waals surface area contributed by atoms with Gasteiger partial charge in [0, 0.05) is 18.3 Å². The summed E-state index contributed by atoms with van der Waals surface area (Å²) in [6, 6.07) is 15.0. The molecule has 0 saturated carbocycles. The predicted octanol–water partition coefficient (Wildman–Crippen LogP) is 2.49. The standard InChI is InChI=1S/C19H23NO4S/c1-25(23,24)19-12-15(7-10-18(19)22)17-9-8-16(20(17)13-21)11-14-5-3-2-4-6-14/h2-7,10,12,16-17,21-22H,8-9,11,13H2,1H3. The van der Waals surface area contributed by atoms with Crippen LogP contribution in [-0.2, 0) is 16.3 Å². The molecule has 0 spiro atoms. The fraction of sp³-hybridized carbons (Fsp3) is 0.368. The topological polar surface area (TPSA) is 77.8 Å². The summed E-state index contributed by atoms with van der Waals surface area (Å²) < 4.78 is 23.7. The predicted molar refractivity (Wildman–Crippen MR) is 96.1 cm³/mol. The molecule has 2 aromatic rings. The van der Waals surface area contributed by atoms with Gasteiger partial charge in [0.1, 0.15) is 10.6 Å². The summed E-state index contributed by atoms with van der Waals surface area (Å²) in [6.45, 7) is -0.0861. The normalized spacial score (nSPS) is 21.5. The Hall–Kier alpha value is -1.89. The third kappa shape index (κ3) is 3.86. The Morgan fingerprint density at radius 1 is 1.12 bits per heavy atom. The lowest BCUT2D eigenvalue weighted by molar-refractivity contribution is 0.0624. The van der Waals surface area contributed by atoms with Gasteiger partial charge < -0.3 is 10.2 Å². The van der Waals surface area contributed by atoms with Crippen molar-refractivity contribution < 1.29 is 18.6 Å². The Balaban J connectivity index is 1.86. The Kier molecular flexibility index (Phi) is 5.13. The number of aliphatic hydroxyl groups is 1. The van der Waals surface area contributed by atoms with E-state index < -0.39 is 9.84 Å². The molecule has 1 fully saturated rings. The maximum absolute atomic E-state index is 11.9. The summed E-state index contributed by atoms with van der Waals surface area (Å²) in [5, 5.41) is 19.7. The first-order valence-corrected chi connectivity index (χ1v) is 10.2. The van der Waals surface area contributed by atoms with E-state index in [1.807, 2.05) is 23.1 Å². The van der Waals surface area contributed by atoms with Gasteiger partial charge in [-0.1, -0.05) is 36.4 Å². The second-order valence-corrected chi connectivity index (χ2v) is 8.58. The molecule has 0 amide bonds. The molecule has 0 aromatic heterocycles. The van der Waals surface area contributed by atoms with E-state index in [1.165, 1.54) is 17.7 Å². The molecule has 6 heteroatoms. The van der Waals surface area contributed by atoms with Gasteiger partial charge in [-0.3, -0.25) is 4.90 Å². The number of likely N-dealkylation sites (tertiary alicyclic amines) is 1. The zero-order chi connectivity index (χ0) is 18.0. The van der Waals surface area contributed by atoms with Crippen molar-refractivity contribution in [3.8, 4) is 5.75 Å². The second-order valence-electron chi connectivity index (χ2n) is 6.59. The molecule has 2 aromatic carbocycles. The molecular formula is C19H23NO4S. The van der Waals surface area contributed by atoms with E-state index in [0.717, 1.165) is 31.1 Å². The number of phenolic OH excluding ortho intramolecular Hbond substituents is 1. The highest BCUT2D eigenvalue weighted by Gasteiger charge is 2.34. The van der Waals surface area contributed by atoms with Crippen LogP contribution in [0.1, 0.15) is 30.0 Å². The van der Waals surface area contributed by atoms with Gasteiger partial charge in [-0.25, -0.2) is 8.42 Å². The molecule has 2 N–H and O–H groups in total. The maximum atomic E-state index is 11.9. The van der Waals surface area contributed by atoms with Gasteiger partial charge >= 0.3 is 0 Å². The fourth-order valence-corrected chi connectivity index (χ4v) is 4.45. The van der Waals surface area contributed by atoms with E-state index in [9.17, 15) is 18.6 Å². The number of hydrogen-bond donors (Lipinski definition) is 2. The van der Waals surface area contributed by atoms with E-state index in [0.29, 0.717) is 0 Å². The quantitative estimate of drug-likeness (QED) is 0.856. The van der Waals surface area contributed by atoms with Gasteiger partial charge in [0.2, 0.25) is 0 Å². The minimum atomic E-state index is -3.50. The third-order valence-corrected chi connectivity index (χ3v) is 6.01. The van der Waals surface area contributed by atoms with Crippen molar-refractivity contribution in [2.45, 2.75) is 36.2 Å². The number of aromatic hydroxyl groups is 1. The lowest BCUT2D eigenvalue weighted by Gasteiger charge is -2.28. The Labute approximate surface area is 148 Å². The van der Waals surface area contributed by atoms with Gasteiger partial charge in [-0.05, 0) is 42.5 Å². The lowest BCUT2D eigenvalue weighted by Crippen LogP contribution is -2.34. The zero-order valence-corrected chi connectivity index (χ0v) is 15.0. The highest BCUT2D eigenvalue weighted by atomic mass is 32.2. The number of rotatable bonds is 5. The smallest absolute Gasteiger partial charge is 0.179 e. The van der Waals surface area contributed by atoms with Crippen LogP contribution < -0.4 is 0 Å². The summed E-state index contributed by atoms with van der Waals surface area (Å²) >= 11 is 0. The summed E-state index contributed by atoms with van der Waals surface area (Å²) in [5.41, 5.74) is 2.02. The molecule has 2 unspecified atom stereocenters. The Bertz CT molecular complexity index is 836. The third-order valence-electron chi connectivity index (χ3n) is 4.89. The highest BCUT2D eigenvalue weighted by molar-refractivity contribution is 7.90. The van der Waals surface area contributed by atoms with Crippen LogP contribution in [0, 0.1) is 0 Å². The second kappa shape index (κ2) is 7.15. The van der Waals surface area contributed by atoms with Crippen molar-refractivity contribution in [1.29, 1.82) is 0 Å². The van der Waals surface area contributed by atoms with Crippen molar-refractivity contribution in [2.75, 3.05) is 13.0 Å². The van der Waals surface area contributed by atoms with E-state index in [-0.39, 0.29) is 29.5 Å².